The van der Waals surface area contributed by atoms with Gasteiger partial charge in [0, 0.05) is 53.9 Å². The second-order valence-corrected chi connectivity index (χ2v) is 14.6. The Bertz CT molecular complexity index is 2410. The lowest BCUT2D eigenvalue weighted by molar-refractivity contribution is -0.384. The highest BCUT2D eigenvalue weighted by Gasteiger charge is 2.25. The van der Waals surface area contributed by atoms with Crippen LogP contribution in [-0.2, 0) is 21.4 Å². The lowest BCUT2D eigenvalue weighted by atomic mass is 10.1. The van der Waals surface area contributed by atoms with E-state index in [1.165, 1.54) is 41.7 Å². The first-order chi connectivity index (χ1) is 25.5. The number of methoxy groups -OCH3 is 1. The summed E-state index contributed by atoms with van der Waals surface area (Å²) in [6.07, 6.45) is -0.219. The van der Waals surface area contributed by atoms with Crippen molar-refractivity contribution in [2.24, 2.45) is 0 Å². The van der Waals surface area contributed by atoms with Crippen LogP contribution < -0.4 is 20.1 Å². The van der Waals surface area contributed by atoms with Gasteiger partial charge in [0.1, 0.15) is 18.1 Å². The molecule has 0 unspecified atom stereocenters. The van der Waals surface area contributed by atoms with Gasteiger partial charge in [-0.25, -0.2) is 8.42 Å². The van der Waals surface area contributed by atoms with Gasteiger partial charge in [0.25, 0.3) is 5.69 Å². The second kappa shape index (κ2) is 16.3. The number of rotatable bonds is 15. The first-order valence-electron chi connectivity index (χ1n) is 16.6. The maximum atomic E-state index is 13.9. The molecular formula is C39H36ClN5O7S. The zero-order valence-electron chi connectivity index (χ0n) is 28.9. The van der Waals surface area contributed by atoms with Crippen molar-refractivity contribution in [2.75, 3.05) is 37.4 Å². The smallest absolute Gasteiger partial charge is 0.273 e. The van der Waals surface area contributed by atoms with Gasteiger partial charge in [0.2, 0.25) is 15.9 Å². The number of hydrogen-bond donors (Lipinski definition) is 2. The number of carbonyl (C=O) groups is 1. The number of carbonyl (C=O) groups excluding carboxylic acids is 1. The number of anilines is 2. The molecule has 0 saturated heterocycles. The summed E-state index contributed by atoms with van der Waals surface area (Å²) >= 11 is 6.26. The Morgan fingerprint density at radius 3 is 2.43 bits per heavy atom. The molecule has 14 heteroatoms. The molecule has 2 N–H and O–H groups in total. The van der Waals surface area contributed by atoms with Crippen molar-refractivity contribution >= 4 is 66.3 Å². The molecule has 0 aliphatic rings. The molecule has 0 aliphatic heterocycles. The van der Waals surface area contributed by atoms with Gasteiger partial charge in [0.15, 0.2) is 0 Å². The Balaban J connectivity index is 1.18. The summed E-state index contributed by atoms with van der Waals surface area (Å²) in [6, 6.07) is 30.8. The highest BCUT2D eigenvalue weighted by Crippen LogP contribution is 2.31. The number of nitrogens with one attached hydrogen (secondary N) is 2. The van der Waals surface area contributed by atoms with Crippen LogP contribution >= 0.6 is 11.6 Å². The summed E-state index contributed by atoms with van der Waals surface area (Å²) in [5.41, 5.74) is 3.09. The third kappa shape index (κ3) is 9.01. The predicted octanol–water partition coefficient (Wildman–Crippen LogP) is 7.98. The van der Waals surface area contributed by atoms with E-state index in [-0.39, 0.29) is 54.7 Å². The van der Waals surface area contributed by atoms with E-state index >= 15 is 0 Å². The number of non-ortho nitro benzene ring substituents is 1. The van der Waals surface area contributed by atoms with E-state index in [0.717, 1.165) is 38.6 Å². The third-order valence-electron chi connectivity index (χ3n) is 8.52. The number of sulfonamides is 1. The van der Waals surface area contributed by atoms with Crippen molar-refractivity contribution in [1.29, 1.82) is 0 Å². The van der Waals surface area contributed by atoms with Crippen LogP contribution in [0, 0.1) is 17.0 Å². The maximum absolute atomic E-state index is 13.9. The molecule has 0 atom stereocenters. The molecule has 1 aromatic heterocycles. The first kappa shape index (κ1) is 37.0. The van der Waals surface area contributed by atoms with Crippen molar-refractivity contribution in [3.63, 3.8) is 0 Å². The van der Waals surface area contributed by atoms with Crippen LogP contribution in [0.5, 0.6) is 11.5 Å². The van der Waals surface area contributed by atoms with Crippen LogP contribution in [0.15, 0.2) is 114 Å². The van der Waals surface area contributed by atoms with Gasteiger partial charge in [-0.2, -0.15) is 4.31 Å². The first-order valence-corrected chi connectivity index (χ1v) is 18.5. The van der Waals surface area contributed by atoms with Crippen LogP contribution in [0.25, 0.3) is 21.7 Å². The minimum absolute atomic E-state index is 0.0166. The van der Waals surface area contributed by atoms with E-state index in [1.807, 2.05) is 61.5 Å². The summed E-state index contributed by atoms with van der Waals surface area (Å²) < 4.78 is 40.3. The Labute approximate surface area is 311 Å². The minimum atomic E-state index is -4.06. The fourth-order valence-electron chi connectivity index (χ4n) is 5.82. The van der Waals surface area contributed by atoms with Crippen LogP contribution in [-0.4, -0.2) is 55.3 Å². The molecule has 0 aliphatic carbocycles. The molecule has 272 valence electrons. The Morgan fingerprint density at radius 2 is 1.68 bits per heavy atom. The Hall–Kier alpha value is -5.76. The number of hydrogen-bond acceptors (Lipinski definition) is 9. The number of aromatic nitrogens is 1. The number of amides is 1. The van der Waals surface area contributed by atoms with Gasteiger partial charge in [-0.15, -0.1) is 0 Å². The molecule has 5 aromatic carbocycles. The van der Waals surface area contributed by atoms with Crippen LogP contribution in [0.4, 0.5) is 17.1 Å². The predicted molar refractivity (Wildman–Crippen MR) is 206 cm³/mol. The third-order valence-corrected chi connectivity index (χ3v) is 10.7. The number of nitrogens with zero attached hydrogens (tertiary/aromatic N) is 3. The lowest BCUT2D eigenvalue weighted by Crippen LogP contribution is -2.37. The van der Waals surface area contributed by atoms with Crippen molar-refractivity contribution in [1.82, 2.24) is 9.29 Å². The fourth-order valence-corrected chi connectivity index (χ4v) is 7.43. The Morgan fingerprint density at radius 1 is 0.906 bits per heavy atom. The molecular weight excluding hydrogens is 718 g/mol. The largest absolute Gasteiger partial charge is 0.497 e. The molecule has 0 radical (unpaired) electrons. The van der Waals surface area contributed by atoms with Crippen LogP contribution in [0.1, 0.15) is 17.7 Å². The van der Waals surface area contributed by atoms with Gasteiger partial charge >= 0.3 is 0 Å². The average Bonchev–Trinajstić information content (AvgIpc) is 3.15. The molecule has 1 amide bonds. The SMILES string of the molecule is COc1ccc(S(=O)(=O)N(CCNc2cc(C)nc3ccc(Cl)cc23)CCC(=O)Nc2ccc([N+](=O)[O-])cc2OCc2ccc3ccccc3c2)cc1. The summed E-state index contributed by atoms with van der Waals surface area (Å²) in [4.78, 5) is 29.0. The molecule has 0 fully saturated rings. The van der Waals surface area contributed by atoms with Crippen molar-refractivity contribution < 1.29 is 27.6 Å². The van der Waals surface area contributed by atoms with Crippen molar-refractivity contribution in [3.8, 4) is 11.5 Å². The number of halogens is 1. The zero-order chi connectivity index (χ0) is 37.5. The van der Waals surface area contributed by atoms with E-state index in [9.17, 15) is 23.3 Å². The van der Waals surface area contributed by atoms with Crippen LogP contribution in [0.2, 0.25) is 5.02 Å². The van der Waals surface area contributed by atoms with Crippen LogP contribution in [0.3, 0.4) is 0 Å². The number of pyridine rings is 1. The lowest BCUT2D eigenvalue weighted by Gasteiger charge is -2.23. The van der Waals surface area contributed by atoms with Gasteiger partial charge in [-0.05, 0) is 83.9 Å². The quantitative estimate of drug-likeness (QED) is 0.0785. The molecule has 1 heterocycles. The van der Waals surface area contributed by atoms with Gasteiger partial charge in [0.05, 0.1) is 34.2 Å². The van der Waals surface area contributed by atoms with Gasteiger partial charge in [-0.3, -0.25) is 19.9 Å². The zero-order valence-corrected chi connectivity index (χ0v) is 30.5. The number of benzene rings is 5. The van der Waals surface area contributed by atoms with Gasteiger partial charge in [-0.1, -0.05) is 48.0 Å². The summed E-state index contributed by atoms with van der Waals surface area (Å²) in [6.45, 7) is 2.02. The van der Waals surface area contributed by atoms with Crippen molar-refractivity contribution in [2.45, 2.75) is 24.8 Å². The molecule has 6 rings (SSSR count). The molecule has 0 bridgehead atoms. The maximum Gasteiger partial charge on any atom is 0.273 e. The Kier molecular flexibility index (Phi) is 11.4. The number of ether oxygens (including phenoxy) is 2. The molecule has 53 heavy (non-hydrogen) atoms. The van der Waals surface area contributed by atoms with E-state index < -0.39 is 20.9 Å². The summed E-state index contributed by atoms with van der Waals surface area (Å²) in [7, 11) is -2.57. The summed E-state index contributed by atoms with van der Waals surface area (Å²) in [5.74, 6) is 0.0900. The minimum Gasteiger partial charge on any atom is -0.497 e. The van der Waals surface area contributed by atoms with E-state index in [1.54, 1.807) is 24.3 Å². The number of fused-ring (bicyclic) bond motifs is 2. The highest BCUT2D eigenvalue weighted by molar-refractivity contribution is 7.89. The fraction of sp³-hybridized carbons (Fsp3) is 0.179. The summed E-state index contributed by atoms with van der Waals surface area (Å²) in [5, 5.41) is 21.1. The molecule has 0 saturated carbocycles. The van der Waals surface area contributed by atoms with E-state index in [4.69, 9.17) is 21.1 Å². The monoisotopic (exact) mass is 753 g/mol. The number of aryl methyl sites for hydroxylation is 1. The normalized spacial score (nSPS) is 11.5. The molecule has 0 spiro atoms. The molecule has 6 aromatic rings. The van der Waals surface area contributed by atoms with Crippen molar-refractivity contribution in [3.05, 3.63) is 136 Å². The topological polar surface area (TPSA) is 153 Å². The number of nitro benzene ring substituents is 1. The number of nitro groups is 1. The van der Waals surface area contributed by atoms with E-state index in [2.05, 4.69) is 15.6 Å². The van der Waals surface area contributed by atoms with Gasteiger partial charge < -0.3 is 20.1 Å². The standard InChI is InChI=1S/C39H36ClN5O7S/c1-26-21-37(34-23-30(40)9-15-35(34)42-26)41-18-20-44(53(49,50)33-13-11-32(51-2)12-14-33)19-17-39(46)43-36-16-10-31(45(47)48)24-38(36)52-25-27-7-8-28-5-3-4-6-29(28)22-27/h3-16,21-24H,17-20,25H2,1-2H3,(H,41,42)(H,43,46). The molecule has 12 nitrogen and oxygen atoms in total. The highest BCUT2D eigenvalue weighted by atomic mass is 35.5. The second-order valence-electron chi connectivity index (χ2n) is 12.2. The average molecular weight is 754 g/mol. The van der Waals surface area contributed by atoms with E-state index in [0.29, 0.717) is 10.8 Å².